The molecule has 0 aliphatic carbocycles. The Balaban J connectivity index is 1.49. The summed E-state index contributed by atoms with van der Waals surface area (Å²) in [5, 5.41) is 12.5. The lowest BCUT2D eigenvalue weighted by atomic mass is 9.98. The molecule has 1 aliphatic heterocycles. The number of aromatic nitrogens is 3. The zero-order valence-electron chi connectivity index (χ0n) is 15.9. The number of hydrogen-bond acceptors (Lipinski definition) is 5. The summed E-state index contributed by atoms with van der Waals surface area (Å²) in [7, 11) is 0. The maximum atomic E-state index is 12.4. The predicted octanol–water partition coefficient (Wildman–Crippen LogP) is 2.29. The highest BCUT2D eigenvalue weighted by molar-refractivity contribution is 5.79. The Bertz CT molecular complexity index is 807. The minimum atomic E-state index is -0.267. The van der Waals surface area contributed by atoms with Gasteiger partial charge in [-0.15, -0.1) is 0 Å². The van der Waals surface area contributed by atoms with Crippen molar-refractivity contribution in [3.05, 3.63) is 36.5 Å². The van der Waals surface area contributed by atoms with E-state index < -0.39 is 0 Å². The van der Waals surface area contributed by atoms with Gasteiger partial charge in [-0.25, -0.2) is 4.98 Å². The van der Waals surface area contributed by atoms with Crippen LogP contribution in [0, 0.1) is 11.3 Å². The van der Waals surface area contributed by atoms with Crippen LogP contribution in [0.2, 0.25) is 0 Å². The van der Waals surface area contributed by atoms with E-state index in [0.717, 1.165) is 42.8 Å². The monoisotopic (exact) mass is 366 g/mol. The van der Waals surface area contributed by atoms with E-state index in [2.05, 4.69) is 40.2 Å². The Kier molecular flexibility index (Phi) is 5.87. The van der Waals surface area contributed by atoms with Crippen LogP contribution in [0.15, 0.2) is 30.7 Å². The molecule has 0 saturated carbocycles. The lowest BCUT2D eigenvalue weighted by Crippen LogP contribution is -2.47. The molecule has 1 atom stereocenters. The fourth-order valence-electron chi connectivity index (χ4n) is 3.29. The molecule has 142 valence electrons. The molecule has 1 saturated heterocycles. The molecule has 1 fully saturated rings. The van der Waals surface area contributed by atoms with Gasteiger partial charge in [0, 0.05) is 36.5 Å². The highest BCUT2D eigenvalue weighted by Gasteiger charge is 2.29. The van der Waals surface area contributed by atoms with E-state index in [-0.39, 0.29) is 24.0 Å². The van der Waals surface area contributed by atoms with E-state index in [1.165, 1.54) is 0 Å². The Labute approximate surface area is 159 Å². The SMILES string of the molecule is CC(C)(CCc1ncc(-c2cccnc2)[nH]1)NCC(=O)N1CCCC1C#N. The Hall–Kier alpha value is -2.72. The first-order chi connectivity index (χ1) is 13.0. The van der Waals surface area contributed by atoms with Crippen molar-refractivity contribution >= 4 is 5.91 Å². The van der Waals surface area contributed by atoms with Crippen molar-refractivity contribution in [2.75, 3.05) is 13.1 Å². The first-order valence-corrected chi connectivity index (χ1v) is 9.37. The van der Waals surface area contributed by atoms with Crippen LogP contribution in [-0.4, -0.2) is 50.4 Å². The van der Waals surface area contributed by atoms with Gasteiger partial charge in [0.15, 0.2) is 0 Å². The lowest BCUT2D eigenvalue weighted by molar-refractivity contribution is -0.130. The summed E-state index contributed by atoms with van der Waals surface area (Å²) >= 11 is 0. The Morgan fingerprint density at radius 3 is 3.07 bits per heavy atom. The van der Waals surface area contributed by atoms with Gasteiger partial charge in [-0.05, 0) is 45.2 Å². The van der Waals surface area contributed by atoms with Crippen LogP contribution in [0.1, 0.15) is 38.9 Å². The molecular weight excluding hydrogens is 340 g/mol. The highest BCUT2D eigenvalue weighted by atomic mass is 16.2. The van der Waals surface area contributed by atoms with Crippen LogP contribution >= 0.6 is 0 Å². The molecular formula is C20H26N6O. The fraction of sp³-hybridized carbons (Fsp3) is 0.500. The number of nitrogens with one attached hydrogen (secondary N) is 2. The van der Waals surface area contributed by atoms with Gasteiger partial charge < -0.3 is 15.2 Å². The number of aryl methyl sites for hydroxylation is 1. The zero-order valence-corrected chi connectivity index (χ0v) is 15.9. The molecule has 0 radical (unpaired) electrons. The smallest absolute Gasteiger partial charge is 0.237 e. The van der Waals surface area contributed by atoms with Crippen molar-refractivity contribution in [3.63, 3.8) is 0 Å². The van der Waals surface area contributed by atoms with Crippen molar-refractivity contribution < 1.29 is 4.79 Å². The van der Waals surface area contributed by atoms with Crippen molar-refractivity contribution in [3.8, 4) is 17.3 Å². The standard InChI is InChI=1S/C20H26N6O/c1-20(2,24-14-19(27)26-10-4-6-16(26)11-21)8-7-18-23-13-17(25-18)15-5-3-9-22-12-15/h3,5,9,12-13,16,24H,4,6-8,10,14H2,1-2H3,(H,23,25). The number of nitrogens with zero attached hydrogens (tertiary/aromatic N) is 4. The number of rotatable bonds is 7. The fourth-order valence-corrected chi connectivity index (χ4v) is 3.29. The number of H-pyrrole nitrogens is 1. The summed E-state index contributed by atoms with van der Waals surface area (Å²) in [5.74, 6) is 0.920. The van der Waals surface area contributed by atoms with Crippen LogP contribution in [0.3, 0.4) is 0 Å². The molecule has 0 bridgehead atoms. The van der Waals surface area contributed by atoms with Gasteiger partial charge in [0.25, 0.3) is 0 Å². The normalized spacial score (nSPS) is 17.1. The van der Waals surface area contributed by atoms with Gasteiger partial charge in [0.05, 0.1) is 24.5 Å². The van der Waals surface area contributed by atoms with Crippen LogP contribution < -0.4 is 5.32 Å². The summed E-state index contributed by atoms with van der Waals surface area (Å²) in [6.07, 6.45) is 8.68. The Morgan fingerprint density at radius 1 is 1.48 bits per heavy atom. The van der Waals surface area contributed by atoms with Crippen molar-refractivity contribution in [1.29, 1.82) is 5.26 Å². The van der Waals surface area contributed by atoms with Gasteiger partial charge in [0.1, 0.15) is 11.9 Å². The maximum Gasteiger partial charge on any atom is 0.237 e. The van der Waals surface area contributed by atoms with Crippen LogP contribution in [-0.2, 0) is 11.2 Å². The number of carbonyl (C=O) groups is 1. The molecule has 7 heteroatoms. The third-order valence-electron chi connectivity index (χ3n) is 5.03. The molecule has 3 heterocycles. The lowest BCUT2D eigenvalue weighted by Gasteiger charge is -2.28. The topological polar surface area (TPSA) is 97.7 Å². The van der Waals surface area contributed by atoms with Gasteiger partial charge in [-0.1, -0.05) is 0 Å². The maximum absolute atomic E-state index is 12.4. The average Bonchev–Trinajstić information content (AvgIpc) is 3.34. The molecule has 0 spiro atoms. The van der Waals surface area contributed by atoms with Crippen LogP contribution in [0.5, 0.6) is 0 Å². The molecule has 27 heavy (non-hydrogen) atoms. The number of nitriles is 1. The molecule has 2 aromatic heterocycles. The molecule has 0 aromatic carbocycles. The second-order valence-electron chi connectivity index (χ2n) is 7.60. The summed E-state index contributed by atoms with van der Waals surface area (Å²) in [5.41, 5.74) is 1.76. The number of aromatic amines is 1. The Morgan fingerprint density at radius 2 is 2.33 bits per heavy atom. The minimum Gasteiger partial charge on any atom is -0.342 e. The van der Waals surface area contributed by atoms with Crippen molar-refractivity contribution in [2.24, 2.45) is 0 Å². The van der Waals surface area contributed by atoms with E-state index >= 15 is 0 Å². The second-order valence-corrected chi connectivity index (χ2v) is 7.60. The minimum absolute atomic E-state index is 0.00369. The summed E-state index contributed by atoms with van der Waals surface area (Å²) in [4.78, 5) is 26.0. The van der Waals surface area contributed by atoms with E-state index in [4.69, 9.17) is 5.26 Å². The second kappa shape index (κ2) is 8.31. The van der Waals surface area contributed by atoms with Gasteiger partial charge >= 0.3 is 0 Å². The number of amides is 1. The largest absolute Gasteiger partial charge is 0.342 e. The predicted molar refractivity (Wildman–Crippen MR) is 103 cm³/mol. The van der Waals surface area contributed by atoms with E-state index in [0.29, 0.717) is 6.54 Å². The van der Waals surface area contributed by atoms with E-state index in [1.54, 1.807) is 17.3 Å². The molecule has 3 rings (SSSR count). The third-order valence-corrected chi connectivity index (χ3v) is 5.03. The summed E-state index contributed by atoms with van der Waals surface area (Å²) in [6, 6.07) is 5.84. The zero-order chi connectivity index (χ0) is 19.3. The molecule has 1 unspecified atom stereocenters. The van der Waals surface area contributed by atoms with Crippen molar-refractivity contribution in [2.45, 2.75) is 51.1 Å². The van der Waals surface area contributed by atoms with Gasteiger partial charge in [-0.3, -0.25) is 9.78 Å². The number of hydrogen-bond donors (Lipinski definition) is 2. The average molecular weight is 366 g/mol. The molecule has 7 nitrogen and oxygen atoms in total. The molecule has 1 amide bonds. The number of likely N-dealkylation sites (tertiary alicyclic amines) is 1. The summed E-state index contributed by atoms with van der Waals surface area (Å²) < 4.78 is 0. The molecule has 1 aliphatic rings. The van der Waals surface area contributed by atoms with Gasteiger partial charge in [-0.2, -0.15) is 5.26 Å². The van der Waals surface area contributed by atoms with Crippen molar-refractivity contribution in [1.82, 2.24) is 25.2 Å². The number of pyridine rings is 1. The van der Waals surface area contributed by atoms with Crippen LogP contribution in [0.25, 0.3) is 11.3 Å². The quantitative estimate of drug-likeness (QED) is 0.783. The van der Waals surface area contributed by atoms with Gasteiger partial charge in [0.2, 0.25) is 5.91 Å². The molecule has 2 aromatic rings. The number of imidazole rings is 1. The first-order valence-electron chi connectivity index (χ1n) is 9.37. The highest BCUT2D eigenvalue weighted by Crippen LogP contribution is 2.19. The van der Waals surface area contributed by atoms with E-state index in [1.807, 2.05) is 18.3 Å². The summed E-state index contributed by atoms with van der Waals surface area (Å²) in [6.45, 7) is 5.10. The van der Waals surface area contributed by atoms with E-state index in [9.17, 15) is 4.79 Å². The van der Waals surface area contributed by atoms with Crippen LogP contribution in [0.4, 0.5) is 0 Å². The first kappa shape index (κ1) is 19.1. The third kappa shape index (κ3) is 4.92. The molecule has 2 N–H and O–H groups in total. The number of carbonyl (C=O) groups excluding carboxylic acids is 1.